The summed E-state index contributed by atoms with van der Waals surface area (Å²) in [5.74, 6) is 0.423. The number of hydrogen-bond donors (Lipinski definition) is 0. The number of rotatable bonds is 7. The van der Waals surface area contributed by atoms with Gasteiger partial charge in [-0.05, 0) is 35.1 Å². The molecule has 4 aromatic carbocycles. The van der Waals surface area contributed by atoms with Crippen LogP contribution in [0.2, 0.25) is 0 Å². The zero-order valence-corrected chi connectivity index (χ0v) is 18.4. The average Bonchev–Trinajstić information content (AvgIpc) is 2.88. The highest BCUT2D eigenvalue weighted by Gasteiger charge is 2.19. The molecule has 2 atom stereocenters. The predicted molar refractivity (Wildman–Crippen MR) is 129 cm³/mol. The Morgan fingerprint density at radius 2 is 0.812 bits per heavy atom. The van der Waals surface area contributed by atoms with Crippen LogP contribution in [-0.4, -0.2) is 11.6 Å². The van der Waals surface area contributed by atoms with Crippen LogP contribution in [0.5, 0.6) is 0 Å². The molecule has 0 N–H and O–H groups in total. The van der Waals surface area contributed by atoms with Crippen molar-refractivity contribution in [2.24, 2.45) is 0 Å². The van der Waals surface area contributed by atoms with Gasteiger partial charge >= 0.3 is 0 Å². The first-order valence-electron chi connectivity index (χ1n) is 10.9. The lowest BCUT2D eigenvalue weighted by atomic mass is 9.82. The highest BCUT2D eigenvalue weighted by molar-refractivity contribution is 6.09. The predicted octanol–water partition coefficient (Wildman–Crippen LogP) is 7.06. The zero-order chi connectivity index (χ0) is 22.5. The highest BCUT2D eigenvalue weighted by Crippen LogP contribution is 2.33. The van der Waals surface area contributed by atoms with Gasteiger partial charge in [0.1, 0.15) is 0 Å². The van der Waals surface area contributed by atoms with Crippen LogP contribution in [-0.2, 0) is 0 Å². The van der Waals surface area contributed by atoms with Crippen molar-refractivity contribution >= 4 is 11.6 Å². The molecule has 158 valence electrons. The number of hydrogen-bond acceptors (Lipinski definition) is 2. The molecule has 2 heteroatoms. The van der Waals surface area contributed by atoms with E-state index in [0.29, 0.717) is 22.3 Å². The van der Waals surface area contributed by atoms with Crippen LogP contribution in [0, 0.1) is 0 Å². The third-order valence-corrected chi connectivity index (χ3v) is 6.17. The van der Waals surface area contributed by atoms with E-state index < -0.39 is 0 Å². The number of carbonyl (C=O) groups is 2. The largest absolute Gasteiger partial charge is 0.289 e. The summed E-state index contributed by atoms with van der Waals surface area (Å²) in [6, 6.07) is 34.5. The third kappa shape index (κ3) is 4.60. The van der Waals surface area contributed by atoms with Gasteiger partial charge in [-0.25, -0.2) is 0 Å². The third-order valence-electron chi connectivity index (χ3n) is 6.17. The van der Waals surface area contributed by atoms with E-state index in [9.17, 15) is 9.59 Å². The summed E-state index contributed by atoms with van der Waals surface area (Å²) in [5, 5.41) is 0. The van der Waals surface area contributed by atoms with Crippen molar-refractivity contribution in [2.75, 3.05) is 0 Å². The number of benzene rings is 4. The van der Waals surface area contributed by atoms with Gasteiger partial charge in [0.05, 0.1) is 0 Å². The smallest absolute Gasteiger partial charge is 0.193 e. The molecule has 0 fully saturated rings. The van der Waals surface area contributed by atoms with E-state index in [2.05, 4.69) is 26.0 Å². The summed E-state index contributed by atoms with van der Waals surface area (Å²) in [6.45, 7) is 4.34. The second-order valence-corrected chi connectivity index (χ2v) is 8.22. The van der Waals surface area contributed by atoms with Crippen LogP contribution in [0.1, 0.15) is 68.7 Å². The Hall–Kier alpha value is -3.78. The van der Waals surface area contributed by atoms with Crippen molar-refractivity contribution in [2.45, 2.75) is 25.7 Å². The van der Waals surface area contributed by atoms with Crippen LogP contribution < -0.4 is 0 Å². The highest BCUT2D eigenvalue weighted by atomic mass is 16.1. The lowest BCUT2D eigenvalue weighted by Crippen LogP contribution is -2.09. The van der Waals surface area contributed by atoms with Gasteiger partial charge in [0.2, 0.25) is 0 Å². The molecule has 2 unspecified atom stereocenters. The van der Waals surface area contributed by atoms with Gasteiger partial charge < -0.3 is 0 Å². The van der Waals surface area contributed by atoms with E-state index in [0.717, 1.165) is 11.1 Å². The Bertz CT molecular complexity index is 1130. The topological polar surface area (TPSA) is 34.1 Å². The maximum absolute atomic E-state index is 12.9. The normalized spacial score (nSPS) is 12.7. The Labute approximate surface area is 189 Å². The molecule has 0 aliphatic rings. The molecule has 0 radical (unpaired) electrons. The number of ketones is 2. The molecular formula is C30H26O2. The van der Waals surface area contributed by atoms with Crippen LogP contribution >= 0.6 is 0 Å². The molecular weight excluding hydrogens is 392 g/mol. The average molecular weight is 419 g/mol. The molecule has 0 saturated heterocycles. The van der Waals surface area contributed by atoms with Crippen LogP contribution in [0.15, 0.2) is 109 Å². The minimum absolute atomic E-state index is 0.0303. The molecule has 4 rings (SSSR count). The van der Waals surface area contributed by atoms with Gasteiger partial charge in [-0.3, -0.25) is 9.59 Å². The summed E-state index contributed by atoms with van der Waals surface area (Å²) in [4.78, 5) is 25.8. The molecule has 0 aliphatic carbocycles. The molecule has 4 aromatic rings. The van der Waals surface area contributed by atoms with Crippen molar-refractivity contribution in [3.8, 4) is 0 Å². The number of carbonyl (C=O) groups excluding carboxylic acids is 2. The molecule has 0 saturated carbocycles. The van der Waals surface area contributed by atoms with Crippen LogP contribution in [0.25, 0.3) is 0 Å². The first-order chi connectivity index (χ1) is 15.5. The lowest BCUT2D eigenvalue weighted by molar-refractivity contribution is 0.103. The Kier molecular flexibility index (Phi) is 6.42. The fourth-order valence-electron chi connectivity index (χ4n) is 4.02. The van der Waals surface area contributed by atoms with Crippen LogP contribution in [0.4, 0.5) is 0 Å². The fraction of sp³-hybridized carbons (Fsp3) is 0.133. The van der Waals surface area contributed by atoms with Crippen molar-refractivity contribution in [1.29, 1.82) is 0 Å². The van der Waals surface area contributed by atoms with E-state index >= 15 is 0 Å². The molecule has 2 nitrogen and oxygen atoms in total. The Morgan fingerprint density at radius 1 is 0.469 bits per heavy atom. The maximum atomic E-state index is 12.9. The van der Waals surface area contributed by atoms with Gasteiger partial charge in [0.15, 0.2) is 11.6 Å². The molecule has 0 aliphatic heterocycles. The lowest BCUT2D eigenvalue weighted by Gasteiger charge is -2.22. The maximum Gasteiger partial charge on any atom is 0.193 e. The van der Waals surface area contributed by atoms with E-state index in [4.69, 9.17) is 0 Å². The molecule has 0 spiro atoms. The molecule has 0 aromatic heterocycles. The van der Waals surface area contributed by atoms with Gasteiger partial charge in [-0.1, -0.05) is 111 Å². The van der Waals surface area contributed by atoms with Gasteiger partial charge in [0, 0.05) is 22.3 Å². The van der Waals surface area contributed by atoms with Gasteiger partial charge in [-0.2, -0.15) is 0 Å². The SMILES string of the molecule is CC(c1cccc(C(=O)c2ccccc2)c1)C(C)c1cccc(C(=O)c2ccccc2)c1. The van der Waals surface area contributed by atoms with Gasteiger partial charge in [-0.15, -0.1) is 0 Å². The minimum Gasteiger partial charge on any atom is -0.289 e. The van der Waals surface area contributed by atoms with Crippen molar-refractivity contribution < 1.29 is 9.59 Å². The Morgan fingerprint density at radius 3 is 1.19 bits per heavy atom. The molecule has 0 heterocycles. The monoisotopic (exact) mass is 418 g/mol. The summed E-state index contributed by atoms with van der Waals surface area (Å²) in [5.41, 5.74) is 5.00. The summed E-state index contributed by atoms with van der Waals surface area (Å²) < 4.78 is 0. The van der Waals surface area contributed by atoms with Crippen LogP contribution in [0.3, 0.4) is 0 Å². The minimum atomic E-state index is 0.0303. The first-order valence-corrected chi connectivity index (χ1v) is 10.9. The fourth-order valence-corrected chi connectivity index (χ4v) is 4.02. The van der Waals surface area contributed by atoms with E-state index in [1.807, 2.05) is 97.1 Å². The molecule has 0 amide bonds. The quantitative estimate of drug-likeness (QED) is 0.301. The summed E-state index contributed by atoms with van der Waals surface area (Å²) in [6.07, 6.45) is 0. The van der Waals surface area contributed by atoms with Crippen molar-refractivity contribution in [1.82, 2.24) is 0 Å². The zero-order valence-electron chi connectivity index (χ0n) is 18.4. The molecule has 32 heavy (non-hydrogen) atoms. The summed E-state index contributed by atoms with van der Waals surface area (Å²) in [7, 11) is 0. The first kappa shape index (κ1) is 21.5. The van der Waals surface area contributed by atoms with E-state index in [-0.39, 0.29) is 23.4 Å². The second kappa shape index (κ2) is 9.57. The van der Waals surface area contributed by atoms with E-state index in [1.54, 1.807) is 0 Å². The van der Waals surface area contributed by atoms with Crippen molar-refractivity contribution in [3.63, 3.8) is 0 Å². The summed E-state index contributed by atoms with van der Waals surface area (Å²) >= 11 is 0. The van der Waals surface area contributed by atoms with Crippen molar-refractivity contribution in [3.05, 3.63) is 143 Å². The second-order valence-electron chi connectivity index (χ2n) is 8.22. The Balaban J connectivity index is 1.57. The molecule has 0 bridgehead atoms. The van der Waals surface area contributed by atoms with Gasteiger partial charge in [0.25, 0.3) is 0 Å². The van der Waals surface area contributed by atoms with E-state index in [1.165, 1.54) is 0 Å². The standard InChI is InChI=1S/C30H26O2/c1-21(25-15-9-17-27(19-25)29(31)23-11-5-3-6-12-23)22(2)26-16-10-18-28(20-26)30(32)24-13-7-4-8-14-24/h3-22H,1-2H3.